The van der Waals surface area contributed by atoms with E-state index in [9.17, 15) is 18.3 Å². The van der Waals surface area contributed by atoms with Gasteiger partial charge in [-0.05, 0) is 23.8 Å². The maximum absolute atomic E-state index is 12.4. The van der Waals surface area contributed by atoms with Gasteiger partial charge in [0.2, 0.25) is 0 Å². The molecule has 1 atom stereocenters. The molecule has 0 fully saturated rings. The number of para-hydroxylation sites is 1. The van der Waals surface area contributed by atoms with Crippen LogP contribution in [0.25, 0.3) is 0 Å². The first-order valence-corrected chi connectivity index (χ1v) is 6.51. The summed E-state index contributed by atoms with van der Waals surface area (Å²) in [7, 11) is 0. The van der Waals surface area contributed by atoms with E-state index in [0.717, 1.165) is 6.07 Å². The molecule has 0 aromatic heterocycles. The van der Waals surface area contributed by atoms with Crippen LogP contribution in [0.15, 0.2) is 42.5 Å². The summed E-state index contributed by atoms with van der Waals surface area (Å²) in [5, 5.41) is 10.7. The Balaban J connectivity index is 2.38. The lowest BCUT2D eigenvalue weighted by Crippen LogP contribution is -2.18. The van der Waals surface area contributed by atoms with Crippen molar-refractivity contribution in [2.24, 2.45) is 0 Å². The van der Waals surface area contributed by atoms with Crippen molar-refractivity contribution in [2.45, 2.75) is 12.5 Å². The molecule has 0 amide bonds. The average Bonchev–Trinajstić information content (AvgIpc) is 2.40. The molecule has 2 aromatic rings. The van der Waals surface area contributed by atoms with Gasteiger partial charge in [0.05, 0.1) is 10.0 Å². The second-order valence-corrected chi connectivity index (χ2v) is 4.98. The molecule has 0 heterocycles. The highest BCUT2D eigenvalue weighted by molar-refractivity contribution is 6.42. The molecule has 0 aliphatic carbocycles. The van der Waals surface area contributed by atoms with Crippen molar-refractivity contribution in [3.8, 4) is 5.75 Å². The minimum absolute atomic E-state index is 0.0202. The van der Waals surface area contributed by atoms with E-state index in [2.05, 4.69) is 4.74 Å². The zero-order valence-electron chi connectivity index (χ0n) is 10.4. The van der Waals surface area contributed by atoms with Gasteiger partial charge in [0, 0.05) is 5.56 Å². The minimum atomic E-state index is -4.84. The lowest BCUT2D eigenvalue weighted by molar-refractivity contribution is -0.275. The number of halogens is 5. The lowest BCUT2D eigenvalue weighted by Gasteiger charge is -2.17. The van der Waals surface area contributed by atoms with E-state index < -0.39 is 18.2 Å². The van der Waals surface area contributed by atoms with E-state index in [1.807, 2.05) is 0 Å². The fraction of sp³-hybridized carbons (Fsp3) is 0.143. The third-order valence-corrected chi connectivity index (χ3v) is 3.44. The predicted octanol–water partition coefficient (Wildman–Crippen LogP) is 4.97. The first kappa shape index (κ1) is 15.9. The SMILES string of the molecule is OC(c1ccc(Cl)c(Cl)c1)c1ccccc1OC(F)(F)F. The molecule has 2 rings (SSSR count). The van der Waals surface area contributed by atoms with Crippen LogP contribution >= 0.6 is 23.2 Å². The van der Waals surface area contributed by atoms with Crippen LogP contribution in [-0.4, -0.2) is 11.5 Å². The van der Waals surface area contributed by atoms with Crippen LogP contribution in [0.5, 0.6) is 5.75 Å². The van der Waals surface area contributed by atoms with Gasteiger partial charge in [-0.2, -0.15) is 0 Å². The fourth-order valence-corrected chi connectivity index (χ4v) is 2.09. The van der Waals surface area contributed by atoms with Gasteiger partial charge in [0.25, 0.3) is 0 Å². The van der Waals surface area contributed by atoms with Gasteiger partial charge in [-0.25, -0.2) is 0 Å². The number of hydrogen-bond acceptors (Lipinski definition) is 2. The summed E-state index contributed by atoms with van der Waals surface area (Å²) >= 11 is 11.6. The topological polar surface area (TPSA) is 29.5 Å². The van der Waals surface area contributed by atoms with Crippen LogP contribution in [-0.2, 0) is 0 Å². The normalized spacial score (nSPS) is 13.0. The van der Waals surface area contributed by atoms with Gasteiger partial charge in [-0.1, -0.05) is 47.5 Å². The summed E-state index contributed by atoms with van der Waals surface area (Å²) in [4.78, 5) is 0. The quantitative estimate of drug-likeness (QED) is 0.857. The number of alkyl halides is 3. The van der Waals surface area contributed by atoms with Gasteiger partial charge in [-0.15, -0.1) is 13.2 Å². The van der Waals surface area contributed by atoms with Crippen molar-refractivity contribution < 1.29 is 23.0 Å². The van der Waals surface area contributed by atoms with Gasteiger partial charge in [-0.3, -0.25) is 0 Å². The second kappa shape index (κ2) is 6.13. The van der Waals surface area contributed by atoms with E-state index in [1.54, 1.807) is 0 Å². The molecule has 0 aliphatic heterocycles. The number of ether oxygens (including phenoxy) is 1. The second-order valence-electron chi connectivity index (χ2n) is 4.16. The Bertz CT molecular complexity index is 644. The highest BCUT2D eigenvalue weighted by atomic mass is 35.5. The zero-order valence-corrected chi connectivity index (χ0v) is 11.9. The smallest absolute Gasteiger partial charge is 0.405 e. The zero-order chi connectivity index (χ0) is 15.6. The van der Waals surface area contributed by atoms with Crippen molar-refractivity contribution in [3.63, 3.8) is 0 Å². The maximum Gasteiger partial charge on any atom is 0.573 e. The molecule has 2 nitrogen and oxygen atoms in total. The molecule has 0 radical (unpaired) electrons. The summed E-state index contributed by atoms with van der Waals surface area (Å²) in [6.45, 7) is 0. The summed E-state index contributed by atoms with van der Waals surface area (Å²) in [5.74, 6) is -0.469. The number of rotatable bonds is 3. The Labute approximate surface area is 128 Å². The Morgan fingerprint density at radius 2 is 1.67 bits per heavy atom. The van der Waals surface area contributed by atoms with Crippen LogP contribution < -0.4 is 4.74 Å². The third kappa shape index (κ3) is 4.03. The highest BCUT2D eigenvalue weighted by Crippen LogP contribution is 2.35. The van der Waals surface area contributed by atoms with Crippen LogP contribution in [0.4, 0.5) is 13.2 Å². The molecule has 0 saturated carbocycles. The van der Waals surface area contributed by atoms with E-state index in [4.69, 9.17) is 23.2 Å². The molecule has 7 heteroatoms. The number of benzene rings is 2. The molecule has 1 N–H and O–H groups in total. The van der Waals surface area contributed by atoms with Crippen molar-refractivity contribution >= 4 is 23.2 Å². The lowest BCUT2D eigenvalue weighted by atomic mass is 10.0. The molecular weight excluding hydrogens is 328 g/mol. The van der Waals surface area contributed by atoms with Crippen molar-refractivity contribution in [1.82, 2.24) is 0 Å². The summed E-state index contributed by atoms with van der Waals surface area (Å²) in [5.41, 5.74) is 0.288. The Morgan fingerprint density at radius 1 is 1.00 bits per heavy atom. The number of hydrogen-bond donors (Lipinski definition) is 1. The van der Waals surface area contributed by atoms with E-state index in [1.165, 1.54) is 36.4 Å². The summed E-state index contributed by atoms with van der Waals surface area (Å²) in [6, 6.07) is 9.67. The van der Waals surface area contributed by atoms with E-state index >= 15 is 0 Å². The van der Waals surface area contributed by atoms with Crippen LogP contribution in [0.3, 0.4) is 0 Å². The van der Waals surface area contributed by atoms with Crippen molar-refractivity contribution in [1.29, 1.82) is 0 Å². The third-order valence-electron chi connectivity index (χ3n) is 2.70. The van der Waals surface area contributed by atoms with Crippen molar-refractivity contribution in [3.05, 3.63) is 63.6 Å². The Kier molecular flexibility index (Phi) is 4.66. The van der Waals surface area contributed by atoms with Crippen molar-refractivity contribution in [2.75, 3.05) is 0 Å². The molecule has 0 spiro atoms. The first-order valence-electron chi connectivity index (χ1n) is 5.75. The number of aliphatic hydroxyl groups is 1. The monoisotopic (exact) mass is 336 g/mol. The van der Waals surface area contributed by atoms with Gasteiger partial charge in [0.15, 0.2) is 0 Å². The van der Waals surface area contributed by atoms with Crippen LogP contribution in [0.2, 0.25) is 10.0 Å². The molecule has 21 heavy (non-hydrogen) atoms. The molecule has 112 valence electrons. The van der Waals surface area contributed by atoms with Crippen LogP contribution in [0.1, 0.15) is 17.2 Å². The first-order chi connectivity index (χ1) is 9.78. The average molecular weight is 337 g/mol. The molecule has 0 bridgehead atoms. The van der Waals surface area contributed by atoms with Gasteiger partial charge >= 0.3 is 6.36 Å². The molecule has 1 unspecified atom stereocenters. The molecule has 0 aliphatic rings. The molecular formula is C14H9Cl2F3O2. The van der Waals surface area contributed by atoms with Crippen LogP contribution in [0, 0.1) is 0 Å². The Morgan fingerprint density at radius 3 is 2.29 bits per heavy atom. The van der Waals surface area contributed by atoms with E-state index in [-0.39, 0.29) is 15.6 Å². The summed E-state index contributed by atoms with van der Waals surface area (Å²) in [6.07, 6.45) is -6.16. The predicted molar refractivity (Wildman–Crippen MR) is 73.6 cm³/mol. The van der Waals surface area contributed by atoms with E-state index in [0.29, 0.717) is 5.56 Å². The van der Waals surface area contributed by atoms with Gasteiger partial charge in [0.1, 0.15) is 11.9 Å². The fourth-order valence-electron chi connectivity index (χ4n) is 1.79. The minimum Gasteiger partial charge on any atom is -0.405 e. The molecule has 2 aromatic carbocycles. The summed E-state index contributed by atoms with van der Waals surface area (Å²) < 4.78 is 41.0. The standard InChI is InChI=1S/C14H9Cl2F3O2/c15-10-6-5-8(7-11(10)16)13(20)9-3-1-2-4-12(9)21-14(17,18)19/h1-7,13,20H. The van der Waals surface area contributed by atoms with Gasteiger partial charge < -0.3 is 9.84 Å². The maximum atomic E-state index is 12.4. The highest BCUT2D eigenvalue weighted by Gasteiger charge is 2.33. The Hall–Kier alpha value is -1.43. The number of aliphatic hydroxyl groups excluding tert-OH is 1. The molecule has 0 saturated heterocycles. The largest absolute Gasteiger partial charge is 0.573 e.